The number of hydrogen-bond acceptors (Lipinski definition) is 3. The molecule has 0 aliphatic heterocycles. The molecular weight excluding hydrogens is 503 g/mol. The average molecular weight is 535 g/mol. The second-order valence-corrected chi connectivity index (χ2v) is 12.0. The zero-order valence-corrected chi connectivity index (χ0v) is 23.0. The maximum absolute atomic E-state index is 15.4. The third kappa shape index (κ3) is 4.97. The largest absolute Gasteiger partial charge is 0.358 e. The van der Waals surface area contributed by atoms with Gasteiger partial charge in [0.25, 0.3) is 0 Å². The van der Waals surface area contributed by atoms with Crippen LogP contribution in [0.3, 0.4) is 0 Å². The second-order valence-electron chi connectivity index (χ2n) is 9.88. The van der Waals surface area contributed by atoms with Gasteiger partial charge in [0.15, 0.2) is 0 Å². The summed E-state index contributed by atoms with van der Waals surface area (Å²) in [5, 5.41) is 2.02. The molecular formula is C33H31N2O3P. The molecule has 6 aromatic rings. The van der Waals surface area contributed by atoms with E-state index in [9.17, 15) is 0 Å². The Hall–Kier alpha value is -3.89. The van der Waals surface area contributed by atoms with Gasteiger partial charge in [-0.05, 0) is 37.1 Å². The molecule has 0 amide bonds. The molecule has 0 unspecified atom stereocenters. The highest BCUT2D eigenvalue weighted by molar-refractivity contribution is 7.54. The van der Waals surface area contributed by atoms with Gasteiger partial charge in [0, 0.05) is 44.3 Å². The van der Waals surface area contributed by atoms with Crippen molar-refractivity contribution in [2.24, 2.45) is 0 Å². The Bertz CT molecular complexity index is 1650. The van der Waals surface area contributed by atoms with Gasteiger partial charge in [-0.15, -0.1) is 0 Å². The number of H-pyrrole nitrogens is 2. The molecule has 0 saturated carbocycles. The Labute approximate surface area is 228 Å². The average Bonchev–Trinajstić information content (AvgIpc) is 3.48. The number of aryl methyl sites for hydroxylation is 2. The van der Waals surface area contributed by atoms with Crippen molar-refractivity contribution in [1.29, 1.82) is 0 Å². The molecule has 6 heteroatoms. The molecule has 0 atom stereocenters. The molecule has 0 bridgehead atoms. The molecule has 4 aromatic carbocycles. The third-order valence-electron chi connectivity index (χ3n) is 7.26. The minimum absolute atomic E-state index is 0.173. The molecule has 0 fully saturated rings. The first-order valence-corrected chi connectivity index (χ1v) is 14.8. The number of aromatic amines is 2. The van der Waals surface area contributed by atoms with Crippen LogP contribution in [0.2, 0.25) is 0 Å². The van der Waals surface area contributed by atoms with Crippen LogP contribution in [0, 0.1) is 13.8 Å². The van der Waals surface area contributed by atoms with Crippen molar-refractivity contribution in [3.63, 3.8) is 0 Å². The zero-order chi connectivity index (χ0) is 26.8. The maximum atomic E-state index is 15.4. The van der Waals surface area contributed by atoms with Crippen molar-refractivity contribution < 1.29 is 13.6 Å². The van der Waals surface area contributed by atoms with E-state index in [1.165, 1.54) is 0 Å². The maximum Gasteiger partial charge on any atom is 0.343 e. The van der Waals surface area contributed by atoms with E-state index in [-0.39, 0.29) is 13.2 Å². The Morgan fingerprint density at radius 2 is 0.974 bits per heavy atom. The smallest absolute Gasteiger partial charge is 0.343 e. The minimum Gasteiger partial charge on any atom is -0.358 e. The van der Waals surface area contributed by atoms with E-state index in [1.807, 2.05) is 111 Å². The van der Waals surface area contributed by atoms with Crippen LogP contribution in [0.15, 0.2) is 109 Å². The normalized spacial score (nSPS) is 12.1. The summed E-state index contributed by atoms with van der Waals surface area (Å²) in [7, 11) is -3.84. The summed E-state index contributed by atoms with van der Waals surface area (Å²) in [5.74, 6) is 0. The first-order chi connectivity index (χ1) is 19.0. The van der Waals surface area contributed by atoms with E-state index in [0.29, 0.717) is 0 Å². The lowest BCUT2D eigenvalue weighted by molar-refractivity contribution is 0.186. The molecule has 0 spiro atoms. The van der Waals surface area contributed by atoms with Crippen LogP contribution in [0.5, 0.6) is 0 Å². The number of nitrogens with one attached hydrogen (secondary N) is 2. The van der Waals surface area contributed by atoms with Crippen LogP contribution in [0.25, 0.3) is 21.8 Å². The predicted molar refractivity (Wildman–Crippen MR) is 158 cm³/mol. The second kappa shape index (κ2) is 10.7. The fourth-order valence-corrected chi connectivity index (χ4v) is 7.75. The minimum atomic E-state index is -3.84. The van der Waals surface area contributed by atoms with E-state index in [2.05, 4.69) is 22.1 Å². The van der Waals surface area contributed by atoms with Gasteiger partial charge in [0.2, 0.25) is 0 Å². The number of rotatable bonds is 9. The Balaban J connectivity index is 1.56. The topological polar surface area (TPSA) is 67.1 Å². The highest BCUT2D eigenvalue weighted by Gasteiger charge is 2.43. The van der Waals surface area contributed by atoms with Crippen LogP contribution < -0.4 is 0 Å². The molecule has 5 nitrogen and oxygen atoms in total. The van der Waals surface area contributed by atoms with Crippen molar-refractivity contribution in [3.05, 3.63) is 143 Å². The van der Waals surface area contributed by atoms with Crippen molar-refractivity contribution in [3.8, 4) is 0 Å². The standard InChI is InChI=1S/C33H31N2O3P/c1-23-31(27-17-9-11-19-29(27)34-23)33(32-24(2)35-30-20-12-10-18-28(30)32)39(36,37-21-25-13-5-3-6-14-25)38-22-26-15-7-4-8-16-26/h3-20,33-35H,21-22H2,1-2H3. The van der Waals surface area contributed by atoms with Gasteiger partial charge in [-0.3, -0.25) is 4.57 Å². The molecule has 0 aliphatic carbocycles. The van der Waals surface area contributed by atoms with Gasteiger partial charge < -0.3 is 19.0 Å². The lowest BCUT2D eigenvalue weighted by Gasteiger charge is -2.28. The third-order valence-corrected chi connectivity index (χ3v) is 9.38. The van der Waals surface area contributed by atoms with Crippen LogP contribution in [-0.2, 0) is 26.8 Å². The summed E-state index contributed by atoms with van der Waals surface area (Å²) >= 11 is 0. The zero-order valence-electron chi connectivity index (χ0n) is 22.1. The van der Waals surface area contributed by atoms with Crippen molar-refractivity contribution in [2.45, 2.75) is 32.7 Å². The van der Waals surface area contributed by atoms with Crippen LogP contribution in [0.4, 0.5) is 0 Å². The summed E-state index contributed by atoms with van der Waals surface area (Å²) in [6.07, 6.45) is 0. The summed E-state index contributed by atoms with van der Waals surface area (Å²) in [5.41, 5.74) is 6.95. The van der Waals surface area contributed by atoms with Gasteiger partial charge in [0.1, 0.15) is 5.66 Å². The number of aromatic nitrogens is 2. The molecule has 2 heterocycles. The van der Waals surface area contributed by atoms with Gasteiger partial charge in [0.05, 0.1) is 13.2 Å². The van der Waals surface area contributed by atoms with E-state index in [0.717, 1.165) is 55.4 Å². The lowest BCUT2D eigenvalue weighted by Crippen LogP contribution is -2.10. The molecule has 196 valence electrons. The van der Waals surface area contributed by atoms with Crippen LogP contribution in [-0.4, -0.2) is 9.97 Å². The number of fused-ring (bicyclic) bond motifs is 2. The predicted octanol–water partition coefficient (Wildman–Crippen LogP) is 8.98. The van der Waals surface area contributed by atoms with Gasteiger partial charge in [-0.1, -0.05) is 97.1 Å². The summed E-state index contributed by atoms with van der Waals surface area (Å²) in [4.78, 5) is 7.03. The lowest BCUT2D eigenvalue weighted by atomic mass is 9.99. The molecule has 0 aliphatic rings. The van der Waals surface area contributed by atoms with Crippen LogP contribution >= 0.6 is 7.60 Å². The van der Waals surface area contributed by atoms with E-state index >= 15 is 4.57 Å². The number of para-hydroxylation sites is 2. The van der Waals surface area contributed by atoms with E-state index in [1.54, 1.807) is 0 Å². The summed E-state index contributed by atoms with van der Waals surface area (Å²) in [6.45, 7) is 4.41. The molecule has 2 N–H and O–H groups in total. The van der Waals surface area contributed by atoms with Gasteiger partial charge in [-0.25, -0.2) is 0 Å². The molecule has 39 heavy (non-hydrogen) atoms. The fraction of sp³-hybridized carbons (Fsp3) is 0.152. The first kappa shape index (κ1) is 25.4. The fourth-order valence-electron chi connectivity index (χ4n) is 5.43. The van der Waals surface area contributed by atoms with Crippen molar-refractivity contribution in [2.75, 3.05) is 0 Å². The van der Waals surface area contributed by atoms with Crippen LogP contribution in [0.1, 0.15) is 39.3 Å². The number of benzene rings is 4. The summed E-state index contributed by atoms with van der Waals surface area (Å²) < 4.78 is 28.3. The van der Waals surface area contributed by atoms with E-state index in [4.69, 9.17) is 9.05 Å². The highest BCUT2D eigenvalue weighted by Crippen LogP contribution is 2.67. The highest BCUT2D eigenvalue weighted by atomic mass is 31.2. The van der Waals surface area contributed by atoms with Crippen molar-refractivity contribution in [1.82, 2.24) is 9.97 Å². The van der Waals surface area contributed by atoms with Gasteiger partial charge in [-0.2, -0.15) is 0 Å². The van der Waals surface area contributed by atoms with Crippen molar-refractivity contribution >= 4 is 29.4 Å². The molecule has 0 saturated heterocycles. The monoisotopic (exact) mass is 534 g/mol. The molecule has 2 aromatic heterocycles. The van der Waals surface area contributed by atoms with Gasteiger partial charge >= 0.3 is 7.60 Å². The Morgan fingerprint density at radius 3 is 1.41 bits per heavy atom. The molecule has 0 radical (unpaired) electrons. The Morgan fingerprint density at radius 1 is 0.590 bits per heavy atom. The Kier molecular flexibility index (Phi) is 6.97. The SMILES string of the molecule is Cc1[nH]c2ccccc2c1C(c1c(C)[nH]c2ccccc12)P(=O)(OCc1ccccc1)OCc1ccccc1. The summed E-state index contributed by atoms with van der Waals surface area (Å²) in [6, 6.07) is 35.9. The first-order valence-electron chi connectivity index (χ1n) is 13.1. The van der Waals surface area contributed by atoms with E-state index < -0.39 is 13.3 Å². The quantitative estimate of drug-likeness (QED) is 0.182. The number of hydrogen-bond donors (Lipinski definition) is 2. The molecule has 6 rings (SSSR count).